The minimum Gasteiger partial charge on any atom is -0.497 e. The van der Waals surface area contributed by atoms with Crippen LogP contribution in [0.25, 0.3) is 0 Å². The van der Waals surface area contributed by atoms with Crippen LogP contribution < -0.4 is 14.2 Å². The van der Waals surface area contributed by atoms with Crippen molar-refractivity contribution in [1.82, 2.24) is 24.4 Å². The SMILES string of the molecule is COc1cc(CN2CCc3nnc(C(NS(C)(=O)=O)C(C)C)n3CC2)cc(OC)c1. The van der Waals surface area contributed by atoms with Crippen molar-refractivity contribution < 1.29 is 17.9 Å². The molecule has 1 aliphatic rings. The molecule has 0 amide bonds. The molecule has 0 fully saturated rings. The monoisotopic (exact) mass is 437 g/mol. The van der Waals surface area contributed by atoms with Gasteiger partial charge in [0.1, 0.15) is 17.3 Å². The topological polar surface area (TPSA) is 98.6 Å². The Morgan fingerprint density at radius 2 is 1.73 bits per heavy atom. The molecule has 9 nitrogen and oxygen atoms in total. The van der Waals surface area contributed by atoms with Gasteiger partial charge in [0.05, 0.1) is 26.5 Å². The highest BCUT2D eigenvalue weighted by atomic mass is 32.2. The molecule has 10 heteroatoms. The maximum atomic E-state index is 11.8. The maximum Gasteiger partial charge on any atom is 0.209 e. The van der Waals surface area contributed by atoms with Gasteiger partial charge in [0.25, 0.3) is 0 Å². The van der Waals surface area contributed by atoms with E-state index in [1.807, 2.05) is 32.0 Å². The van der Waals surface area contributed by atoms with Crippen molar-refractivity contribution in [2.24, 2.45) is 5.92 Å². The van der Waals surface area contributed by atoms with Crippen molar-refractivity contribution in [3.05, 3.63) is 35.4 Å². The lowest BCUT2D eigenvalue weighted by atomic mass is 10.1. The number of hydrogen-bond donors (Lipinski definition) is 1. The van der Waals surface area contributed by atoms with Crippen LogP contribution in [0.3, 0.4) is 0 Å². The zero-order valence-electron chi connectivity index (χ0n) is 18.3. The summed E-state index contributed by atoms with van der Waals surface area (Å²) >= 11 is 0. The van der Waals surface area contributed by atoms with E-state index in [0.29, 0.717) is 12.4 Å². The third kappa shape index (κ3) is 5.50. The molecule has 1 atom stereocenters. The van der Waals surface area contributed by atoms with Gasteiger partial charge in [0.2, 0.25) is 10.0 Å². The summed E-state index contributed by atoms with van der Waals surface area (Å²) in [5.74, 6) is 3.15. The van der Waals surface area contributed by atoms with Gasteiger partial charge in [-0.15, -0.1) is 10.2 Å². The molecular formula is C20H31N5O4S. The molecule has 2 heterocycles. The van der Waals surface area contributed by atoms with Gasteiger partial charge < -0.3 is 14.0 Å². The minimum absolute atomic E-state index is 0.0524. The van der Waals surface area contributed by atoms with Gasteiger partial charge >= 0.3 is 0 Å². The minimum atomic E-state index is -3.36. The highest BCUT2D eigenvalue weighted by Crippen LogP contribution is 2.25. The number of ether oxygens (including phenoxy) is 2. The number of sulfonamides is 1. The number of benzene rings is 1. The zero-order chi connectivity index (χ0) is 21.9. The molecule has 0 spiro atoms. The maximum absolute atomic E-state index is 11.8. The summed E-state index contributed by atoms with van der Waals surface area (Å²) in [6.07, 6.45) is 1.92. The number of methoxy groups -OCH3 is 2. The third-order valence-corrected chi connectivity index (χ3v) is 5.93. The number of nitrogens with zero attached hydrogens (tertiary/aromatic N) is 4. The molecule has 1 N–H and O–H groups in total. The smallest absolute Gasteiger partial charge is 0.209 e. The molecule has 0 saturated carbocycles. The van der Waals surface area contributed by atoms with Gasteiger partial charge in [-0.2, -0.15) is 0 Å². The second-order valence-electron chi connectivity index (χ2n) is 7.98. The van der Waals surface area contributed by atoms with E-state index in [1.54, 1.807) is 14.2 Å². The largest absolute Gasteiger partial charge is 0.497 e. The van der Waals surface area contributed by atoms with E-state index in [4.69, 9.17) is 9.47 Å². The number of rotatable bonds is 8. The van der Waals surface area contributed by atoms with Crippen LogP contribution in [0.1, 0.15) is 37.1 Å². The first-order valence-electron chi connectivity index (χ1n) is 10.0. The predicted octanol–water partition coefficient (Wildman–Crippen LogP) is 1.60. The first-order chi connectivity index (χ1) is 14.2. The Labute approximate surface area is 178 Å². The molecule has 3 rings (SSSR count). The molecule has 1 aromatic carbocycles. The van der Waals surface area contributed by atoms with E-state index in [1.165, 1.54) is 6.26 Å². The lowest BCUT2D eigenvalue weighted by molar-refractivity contribution is 0.268. The fraction of sp³-hybridized carbons (Fsp3) is 0.600. The summed E-state index contributed by atoms with van der Waals surface area (Å²) in [6, 6.07) is 5.49. The second kappa shape index (κ2) is 9.32. The lowest BCUT2D eigenvalue weighted by Crippen LogP contribution is -2.33. The van der Waals surface area contributed by atoms with E-state index < -0.39 is 16.1 Å². The lowest BCUT2D eigenvalue weighted by Gasteiger charge is -2.23. The number of hydrogen-bond acceptors (Lipinski definition) is 7. The molecule has 166 valence electrons. The molecule has 1 unspecified atom stereocenters. The summed E-state index contributed by atoms with van der Waals surface area (Å²) in [6.45, 7) is 7.06. The summed E-state index contributed by atoms with van der Waals surface area (Å²) in [7, 11) is -0.0671. The molecule has 0 saturated heterocycles. The average molecular weight is 438 g/mol. The normalized spacial score (nSPS) is 16.2. The quantitative estimate of drug-likeness (QED) is 0.670. The highest BCUT2D eigenvalue weighted by Gasteiger charge is 2.28. The Bertz CT molecular complexity index is 951. The van der Waals surface area contributed by atoms with Crippen molar-refractivity contribution in [3.8, 4) is 11.5 Å². The van der Waals surface area contributed by atoms with E-state index in [2.05, 4.69) is 24.4 Å². The van der Waals surface area contributed by atoms with Crippen molar-refractivity contribution in [2.75, 3.05) is 33.6 Å². The predicted molar refractivity (Wildman–Crippen MR) is 114 cm³/mol. The van der Waals surface area contributed by atoms with E-state index in [9.17, 15) is 8.42 Å². The van der Waals surface area contributed by atoms with Crippen molar-refractivity contribution >= 4 is 10.0 Å². The van der Waals surface area contributed by atoms with Gasteiger partial charge in [0, 0.05) is 38.7 Å². The summed E-state index contributed by atoms with van der Waals surface area (Å²) in [5, 5.41) is 8.69. The Morgan fingerprint density at radius 1 is 1.07 bits per heavy atom. The molecule has 1 aromatic heterocycles. The second-order valence-corrected chi connectivity index (χ2v) is 9.76. The van der Waals surface area contributed by atoms with Crippen LogP contribution in [0.15, 0.2) is 18.2 Å². The van der Waals surface area contributed by atoms with Crippen LogP contribution in [0.4, 0.5) is 0 Å². The standard InChI is InChI=1S/C20H31N5O4S/c1-14(2)19(23-30(5,26)27)20-22-21-18-6-7-24(8-9-25(18)20)13-15-10-16(28-3)12-17(11-15)29-4/h10-12,14,19,23H,6-9,13H2,1-5H3. The summed E-state index contributed by atoms with van der Waals surface area (Å²) in [5.41, 5.74) is 1.11. The van der Waals surface area contributed by atoms with E-state index >= 15 is 0 Å². The average Bonchev–Trinajstić information content (AvgIpc) is 2.99. The van der Waals surface area contributed by atoms with Gasteiger partial charge in [-0.1, -0.05) is 13.8 Å². The van der Waals surface area contributed by atoms with Gasteiger partial charge in [-0.3, -0.25) is 4.90 Å². The molecule has 0 bridgehead atoms. The first kappa shape index (κ1) is 22.5. The third-order valence-electron chi connectivity index (χ3n) is 5.25. The Hall–Kier alpha value is -2.17. The number of nitrogens with one attached hydrogen (secondary N) is 1. The van der Waals surface area contributed by atoms with Crippen LogP contribution in [-0.4, -0.2) is 61.6 Å². The van der Waals surface area contributed by atoms with Crippen LogP contribution >= 0.6 is 0 Å². The van der Waals surface area contributed by atoms with Gasteiger partial charge in [-0.05, 0) is 23.6 Å². The fourth-order valence-electron chi connectivity index (χ4n) is 3.71. The van der Waals surface area contributed by atoms with Crippen molar-refractivity contribution in [2.45, 2.75) is 39.4 Å². The number of aromatic nitrogens is 3. The molecule has 0 radical (unpaired) electrons. The van der Waals surface area contributed by atoms with E-state index in [0.717, 1.165) is 48.9 Å². The molecular weight excluding hydrogens is 406 g/mol. The zero-order valence-corrected chi connectivity index (χ0v) is 19.1. The number of fused-ring (bicyclic) bond motifs is 1. The van der Waals surface area contributed by atoms with Crippen LogP contribution in [0.2, 0.25) is 0 Å². The van der Waals surface area contributed by atoms with Crippen molar-refractivity contribution in [3.63, 3.8) is 0 Å². The van der Waals surface area contributed by atoms with Crippen LogP contribution in [0, 0.1) is 5.92 Å². The van der Waals surface area contributed by atoms with Crippen LogP contribution in [0.5, 0.6) is 11.5 Å². The van der Waals surface area contributed by atoms with Gasteiger partial charge in [0.15, 0.2) is 5.82 Å². The first-order valence-corrected chi connectivity index (χ1v) is 11.9. The molecule has 30 heavy (non-hydrogen) atoms. The highest BCUT2D eigenvalue weighted by molar-refractivity contribution is 7.88. The Balaban J connectivity index is 1.77. The Morgan fingerprint density at radius 3 is 2.30 bits per heavy atom. The Kier molecular flexibility index (Phi) is 6.99. The van der Waals surface area contributed by atoms with E-state index in [-0.39, 0.29) is 5.92 Å². The molecule has 0 aliphatic carbocycles. The van der Waals surface area contributed by atoms with Gasteiger partial charge in [-0.25, -0.2) is 13.1 Å². The summed E-state index contributed by atoms with van der Waals surface area (Å²) in [4.78, 5) is 2.35. The molecule has 1 aliphatic heterocycles. The molecule has 2 aromatic rings. The fourth-order valence-corrected chi connectivity index (χ4v) is 4.55. The summed E-state index contributed by atoms with van der Waals surface area (Å²) < 4.78 is 39.2. The van der Waals surface area contributed by atoms with Crippen molar-refractivity contribution in [1.29, 1.82) is 0 Å². The van der Waals surface area contributed by atoms with Crippen LogP contribution in [-0.2, 0) is 29.5 Å².